The summed E-state index contributed by atoms with van der Waals surface area (Å²) in [6, 6.07) is 0. The average Bonchev–Trinajstić information content (AvgIpc) is 3.26. The molecule has 0 heterocycles. The summed E-state index contributed by atoms with van der Waals surface area (Å²) in [5, 5.41) is 0. The summed E-state index contributed by atoms with van der Waals surface area (Å²) in [7, 11) is 0. The summed E-state index contributed by atoms with van der Waals surface area (Å²) in [5.74, 6) is -1.04. The second kappa shape index (κ2) is 48.5. The lowest BCUT2D eigenvalue weighted by atomic mass is 10.1. The van der Waals surface area contributed by atoms with Crippen molar-refractivity contribution in [3.05, 3.63) is 122 Å². The van der Waals surface area contributed by atoms with E-state index in [1.54, 1.807) is 0 Å². The van der Waals surface area contributed by atoms with Crippen molar-refractivity contribution in [2.45, 2.75) is 194 Å². The number of carbonyl (C=O) groups excluding carboxylic acids is 3. The molecule has 0 aliphatic rings. The predicted molar refractivity (Wildman–Crippen MR) is 260 cm³/mol. The van der Waals surface area contributed by atoms with Crippen LogP contribution in [0.3, 0.4) is 0 Å². The lowest BCUT2D eigenvalue weighted by molar-refractivity contribution is -0.167. The molecule has 0 amide bonds. The van der Waals surface area contributed by atoms with Crippen LogP contribution in [0.25, 0.3) is 0 Å². The van der Waals surface area contributed by atoms with E-state index in [-0.39, 0.29) is 31.6 Å². The molecule has 0 spiro atoms. The quantitative estimate of drug-likeness (QED) is 0.0201. The van der Waals surface area contributed by atoms with Crippen molar-refractivity contribution in [1.82, 2.24) is 0 Å². The van der Waals surface area contributed by atoms with Crippen molar-refractivity contribution in [2.75, 3.05) is 13.2 Å². The van der Waals surface area contributed by atoms with Gasteiger partial charge < -0.3 is 14.2 Å². The zero-order valence-corrected chi connectivity index (χ0v) is 38.9. The molecular formula is C55H86O6. The first-order chi connectivity index (χ1) is 30.0. The molecule has 0 bridgehead atoms. The molecule has 6 nitrogen and oxygen atoms in total. The molecule has 0 aliphatic carbocycles. The molecule has 342 valence electrons. The Morgan fingerprint density at radius 1 is 0.361 bits per heavy atom. The van der Waals surface area contributed by atoms with E-state index in [0.29, 0.717) is 19.3 Å². The third-order valence-electron chi connectivity index (χ3n) is 9.59. The second-order valence-corrected chi connectivity index (χ2v) is 15.4. The number of carbonyl (C=O) groups is 3. The maximum absolute atomic E-state index is 12.7. The topological polar surface area (TPSA) is 78.9 Å². The van der Waals surface area contributed by atoms with Gasteiger partial charge in [-0.25, -0.2) is 0 Å². The second-order valence-electron chi connectivity index (χ2n) is 15.4. The standard InChI is InChI=1S/C55H86O6/c1-4-7-10-13-16-19-22-24-25-26-27-28-29-31-33-36-39-42-45-48-54(57)60-51-52(50-59-53(56)47-44-41-38-35-32-21-18-15-12-9-6-3)61-55(58)49-46-43-40-37-34-30-23-20-17-14-11-8-5-2/h7-8,10-11,14,16-17,19-20,23-25,27-28,30-31,33-34,37,40,52H,4-6,9,12-13,15,18,21-22,26,29,32,35-36,38-39,41-51H2,1-3H3/b10-7-,11-8-,17-14-,19-16-,23-20-,25-24-,28-27-,33-31-,34-30-,40-37-. The Hall–Kier alpha value is -4.19. The van der Waals surface area contributed by atoms with E-state index >= 15 is 0 Å². The van der Waals surface area contributed by atoms with Crippen LogP contribution in [0, 0.1) is 0 Å². The predicted octanol–water partition coefficient (Wildman–Crippen LogP) is 15.7. The molecular weight excluding hydrogens is 757 g/mol. The molecule has 61 heavy (non-hydrogen) atoms. The highest BCUT2D eigenvalue weighted by atomic mass is 16.6. The molecule has 0 fully saturated rings. The van der Waals surface area contributed by atoms with Gasteiger partial charge in [0.15, 0.2) is 6.10 Å². The van der Waals surface area contributed by atoms with Crippen LogP contribution in [-0.4, -0.2) is 37.2 Å². The van der Waals surface area contributed by atoms with Gasteiger partial charge in [-0.05, 0) is 77.0 Å². The van der Waals surface area contributed by atoms with Crippen LogP contribution < -0.4 is 0 Å². The van der Waals surface area contributed by atoms with E-state index in [4.69, 9.17) is 14.2 Å². The van der Waals surface area contributed by atoms with Crippen molar-refractivity contribution in [2.24, 2.45) is 0 Å². The summed E-state index contributed by atoms with van der Waals surface area (Å²) >= 11 is 0. The van der Waals surface area contributed by atoms with Crippen LogP contribution in [0.5, 0.6) is 0 Å². The van der Waals surface area contributed by atoms with Crippen molar-refractivity contribution < 1.29 is 28.6 Å². The maximum atomic E-state index is 12.7. The lowest BCUT2D eigenvalue weighted by Crippen LogP contribution is -2.30. The zero-order valence-electron chi connectivity index (χ0n) is 38.9. The molecule has 0 saturated carbocycles. The molecule has 6 heteroatoms. The molecule has 0 aromatic rings. The van der Waals surface area contributed by atoms with Gasteiger partial charge >= 0.3 is 17.9 Å². The van der Waals surface area contributed by atoms with E-state index < -0.39 is 12.1 Å². The minimum Gasteiger partial charge on any atom is -0.462 e. The Kier molecular flexibility index (Phi) is 45.1. The number of unbranched alkanes of at least 4 members (excludes halogenated alkanes) is 14. The normalized spacial score (nSPS) is 13.2. The first-order valence-electron chi connectivity index (χ1n) is 24.1. The first-order valence-corrected chi connectivity index (χ1v) is 24.1. The third-order valence-corrected chi connectivity index (χ3v) is 9.59. The van der Waals surface area contributed by atoms with E-state index in [9.17, 15) is 14.4 Å². The van der Waals surface area contributed by atoms with Gasteiger partial charge in [-0.1, -0.05) is 213 Å². The van der Waals surface area contributed by atoms with Crippen molar-refractivity contribution >= 4 is 17.9 Å². The van der Waals surface area contributed by atoms with Crippen LogP contribution in [0.2, 0.25) is 0 Å². The Morgan fingerprint density at radius 2 is 0.738 bits per heavy atom. The number of hydrogen-bond donors (Lipinski definition) is 0. The lowest BCUT2D eigenvalue weighted by Gasteiger charge is -2.18. The fraction of sp³-hybridized carbons (Fsp3) is 0.582. The highest BCUT2D eigenvalue weighted by Crippen LogP contribution is 2.13. The summed E-state index contributed by atoms with van der Waals surface area (Å²) in [4.78, 5) is 37.8. The van der Waals surface area contributed by atoms with Crippen LogP contribution in [0.1, 0.15) is 188 Å². The van der Waals surface area contributed by atoms with Crippen molar-refractivity contribution in [3.63, 3.8) is 0 Å². The summed E-state index contributed by atoms with van der Waals surface area (Å²) in [6.45, 7) is 6.25. The van der Waals surface area contributed by atoms with Crippen LogP contribution in [0.15, 0.2) is 122 Å². The van der Waals surface area contributed by atoms with Gasteiger partial charge in [-0.3, -0.25) is 14.4 Å². The Labute approximate surface area is 373 Å². The van der Waals surface area contributed by atoms with Gasteiger partial charge in [0.25, 0.3) is 0 Å². The molecule has 0 saturated heterocycles. The van der Waals surface area contributed by atoms with Gasteiger partial charge in [-0.2, -0.15) is 0 Å². The molecule has 0 aromatic heterocycles. The van der Waals surface area contributed by atoms with Crippen molar-refractivity contribution in [1.29, 1.82) is 0 Å². The summed E-state index contributed by atoms with van der Waals surface area (Å²) < 4.78 is 16.6. The SMILES string of the molecule is CC\C=C/C=C\C=C/C=C\C=C/CCCC(=O)OC(COC(=O)CCCCC/C=C\C/C=C\C/C=C\C/C=C\C/C=C\CC)COC(=O)CCCCCCCCCCCCC. The Morgan fingerprint density at radius 3 is 1.23 bits per heavy atom. The Bertz CT molecular complexity index is 1340. The molecule has 0 rings (SSSR count). The third kappa shape index (κ3) is 46.7. The molecule has 0 radical (unpaired) electrons. The highest BCUT2D eigenvalue weighted by molar-refractivity contribution is 5.71. The van der Waals surface area contributed by atoms with Crippen molar-refractivity contribution in [3.8, 4) is 0 Å². The molecule has 0 N–H and O–H groups in total. The Balaban J connectivity index is 4.54. The number of ether oxygens (including phenoxy) is 3. The minimum absolute atomic E-state index is 0.120. The minimum atomic E-state index is -0.829. The number of esters is 3. The van der Waals surface area contributed by atoms with Crippen LogP contribution >= 0.6 is 0 Å². The van der Waals surface area contributed by atoms with Gasteiger partial charge in [0, 0.05) is 19.3 Å². The fourth-order valence-electron chi connectivity index (χ4n) is 6.03. The molecule has 0 aliphatic heterocycles. The molecule has 1 unspecified atom stereocenters. The fourth-order valence-corrected chi connectivity index (χ4v) is 6.03. The van der Waals surface area contributed by atoms with Gasteiger partial charge in [0.1, 0.15) is 13.2 Å². The summed E-state index contributed by atoms with van der Waals surface area (Å²) in [6.07, 6.45) is 66.2. The number of rotatable bonds is 41. The largest absolute Gasteiger partial charge is 0.462 e. The monoisotopic (exact) mass is 843 g/mol. The van der Waals surface area contributed by atoms with E-state index in [2.05, 4.69) is 87.6 Å². The first kappa shape index (κ1) is 56.8. The summed E-state index contributed by atoms with van der Waals surface area (Å²) in [5.41, 5.74) is 0. The van der Waals surface area contributed by atoms with Crippen LogP contribution in [0.4, 0.5) is 0 Å². The van der Waals surface area contributed by atoms with E-state index in [1.165, 1.54) is 51.4 Å². The van der Waals surface area contributed by atoms with Gasteiger partial charge in [0.05, 0.1) is 0 Å². The van der Waals surface area contributed by atoms with Gasteiger partial charge in [0.2, 0.25) is 0 Å². The average molecular weight is 843 g/mol. The van der Waals surface area contributed by atoms with Crippen LogP contribution in [-0.2, 0) is 28.6 Å². The van der Waals surface area contributed by atoms with E-state index in [1.807, 2.05) is 54.7 Å². The molecule has 0 aromatic carbocycles. The highest BCUT2D eigenvalue weighted by Gasteiger charge is 2.19. The van der Waals surface area contributed by atoms with Gasteiger partial charge in [-0.15, -0.1) is 0 Å². The zero-order chi connectivity index (χ0) is 44.4. The number of allylic oxidation sites excluding steroid dienone is 20. The van der Waals surface area contributed by atoms with E-state index in [0.717, 1.165) is 89.9 Å². The maximum Gasteiger partial charge on any atom is 0.306 e. The number of hydrogen-bond acceptors (Lipinski definition) is 6. The molecule has 1 atom stereocenters. The smallest absolute Gasteiger partial charge is 0.306 e.